The maximum absolute atomic E-state index is 12.8. The molecule has 0 aromatic heterocycles. The van der Waals surface area contributed by atoms with Gasteiger partial charge in [0.25, 0.3) is 5.91 Å². The summed E-state index contributed by atoms with van der Waals surface area (Å²) in [6, 6.07) is 4.15. The van der Waals surface area contributed by atoms with Crippen LogP contribution in [-0.2, 0) is 19.4 Å². The van der Waals surface area contributed by atoms with Gasteiger partial charge in [-0.15, -0.1) is 0 Å². The molecule has 0 aliphatic carbocycles. The molecule has 9 heteroatoms. The Balaban J connectivity index is 2.11. The maximum Gasteiger partial charge on any atom is 0.342 e. The molecule has 1 amide bonds. The van der Waals surface area contributed by atoms with E-state index in [1.165, 1.54) is 20.3 Å². The largest absolute Gasteiger partial charge is 0.497 e. The molecular weight excluding hydrogens is 386 g/mol. The Labute approximate surface area is 165 Å². The third-order valence-corrected chi connectivity index (χ3v) is 6.66. The van der Waals surface area contributed by atoms with Crippen molar-refractivity contribution in [2.75, 3.05) is 32.3 Å². The first-order valence-corrected chi connectivity index (χ1v) is 10.9. The standard InChI is InChI=1S/C19H27NO7S/c1-5-13(2)20(14-8-9-28(23,24)12-14)18(21)11-27-19(22)16-10-15(25-3)6-7-17(16)26-4/h6-7,10,13-14H,5,8-9,11-12H2,1-4H3/t13-,14+/m1/s1. The van der Waals surface area contributed by atoms with Crippen LogP contribution in [0, 0.1) is 0 Å². The van der Waals surface area contributed by atoms with Crippen LogP contribution in [0.5, 0.6) is 11.5 Å². The fourth-order valence-electron chi connectivity index (χ4n) is 3.25. The van der Waals surface area contributed by atoms with Crippen LogP contribution in [0.2, 0.25) is 0 Å². The van der Waals surface area contributed by atoms with E-state index < -0.39 is 34.4 Å². The van der Waals surface area contributed by atoms with Crippen molar-refractivity contribution in [2.45, 2.75) is 38.8 Å². The summed E-state index contributed by atoms with van der Waals surface area (Å²) in [6.45, 7) is 3.30. The number of hydrogen-bond donors (Lipinski definition) is 0. The highest BCUT2D eigenvalue weighted by atomic mass is 32.2. The molecule has 0 N–H and O–H groups in total. The Morgan fingerprint density at radius 3 is 2.50 bits per heavy atom. The number of carbonyl (C=O) groups is 2. The van der Waals surface area contributed by atoms with Crippen LogP contribution in [-0.4, -0.2) is 69.6 Å². The van der Waals surface area contributed by atoms with Crippen molar-refractivity contribution < 1.29 is 32.2 Å². The summed E-state index contributed by atoms with van der Waals surface area (Å²) in [5.74, 6) is -0.353. The lowest BCUT2D eigenvalue weighted by Crippen LogP contribution is -2.48. The van der Waals surface area contributed by atoms with E-state index in [-0.39, 0.29) is 23.1 Å². The predicted molar refractivity (Wildman–Crippen MR) is 103 cm³/mol. The van der Waals surface area contributed by atoms with Gasteiger partial charge in [-0.05, 0) is 38.0 Å². The molecule has 2 rings (SSSR count). The average Bonchev–Trinajstić information content (AvgIpc) is 3.04. The van der Waals surface area contributed by atoms with Crippen LogP contribution in [0.15, 0.2) is 18.2 Å². The zero-order valence-electron chi connectivity index (χ0n) is 16.6. The Morgan fingerprint density at radius 1 is 1.25 bits per heavy atom. The molecule has 1 aliphatic rings. The zero-order valence-corrected chi connectivity index (χ0v) is 17.5. The van der Waals surface area contributed by atoms with E-state index in [4.69, 9.17) is 14.2 Å². The fourth-order valence-corrected chi connectivity index (χ4v) is 4.97. The van der Waals surface area contributed by atoms with Gasteiger partial charge in [-0.2, -0.15) is 0 Å². The molecule has 0 bridgehead atoms. The first-order chi connectivity index (χ1) is 13.2. The van der Waals surface area contributed by atoms with Gasteiger partial charge < -0.3 is 19.1 Å². The SMILES string of the molecule is CC[C@@H](C)N(C(=O)COC(=O)c1cc(OC)ccc1OC)[C@H]1CCS(=O)(=O)C1. The second-order valence-corrected chi connectivity index (χ2v) is 8.99. The molecule has 2 atom stereocenters. The molecule has 0 saturated carbocycles. The van der Waals surface area contributed by atoms with Gasteiger partial charge in [0.1, 0.15) is 17.1 Å². The highest BCUT2D eigenvalue weighted by Crippen LogP contribution is 2.25. The fraction of sp³-hybridized carbons (Fsp3) is 0.579. The quantitative estimate of drug-likeness (QED) is 0.598. The predicted octanol–water partition coefficient (Wildman–Crippen LogP) is 1.67. The number of hydrogen-bond acceptors (Lipinski definition) is 7. The van der Waals surface area contributed by atoms with Crippen LogP contribution in [0.25, 0.3) is 0 Å². The summed E-state index contributed by atoms with van der Waals surface area (Å²) in [5.41, 5.74) is 0.146. The van der Waals surface area contributed by atoms with E-state index in [2.05, 4.69) is 0 Å². The van der Waals surface area contributed by atoms with Gasteiger partial charge in [0.2, 0.25) is 0 Å². The molecule has 1 saturated heterocycles. The number of amides is 1. The van der Waals surface area contributed by atoms with Crippen molar-refractivity contribution >= 4 is 21.7 Å². The minimum absolute atomic E-state index is 0.0548. The summed E-state index contributed by atoms with van der Waals surface area (Å²) in [5, 5.41) is 0. The van der Waals surface area contributed by atoms with Gasteiger partial charge in [-0.25, -0.2) is 13.2 Å². The van der Waals surface area contributed by atoms with E-state index in [0.29, 0.717) is 24.3 Å². The van der Waals surface area contributed by atoms with Gasteiger partial charge >= 0.3 is 5.97 Å². The monoisotopic (exact) mass is 413 g/mol. The molecule has 0 radical (unpaired) electrons. The van der Waals surface area contributed by atoms with Crippen molar-refractivity contribution in [3.63, 3.8) is 0 Å². The molecule has 1 aromatic rings. The van der Waals surface area contributed by atoms with Crippen LogP contribution in [0.3, 0.4) is 0 Å². The smallest absolute Gasteiger partial charge is 0.342 e. The van der Waals surface area contributed by atoms with Gasteiger partial charge in [0.15, 0.2) is 16.4 Å². The number of carbonyl (C=O) groups excluding carboxylic acids is 2. The first kappa shape index (κ1) is 22.0. The van der Waals surface area contributed by atoms with Crippen LogP contribution in [0.1, 0.15) is 37.0 Å². The highest BCUT2D eigenvalue weighted by molar-refractivity contribution is 7.91. The molecule has 1 heterocycles. The van der Waals surface area contributed by atoms with Crippen molar-refractivity contribution in [3.8, 4) is 11.5 Å². The maximum atomic E-state index is 12.8. The summed E-state index contributed by atoms with van der Waals surface area (Å²) in [7, 11) is -0.241. The summed E-state index contributed by atoms with van der Waals surface area (Å²) in [4.78, 5) is 26.8. The Bertz CT molecular complexity index is 822. The molecule has 1 aliphatic heterocycles. The van der Waals surface area contributed by atoms with Crippen LogP contribution in [0.4, 0.5) is 0 Å². The summed E-state index contributed by atoms with van der Waals surface area (Å²) >= 11 is 0. The van der Waals surface area contributed by atoms with Crippen molar-refractivity contribution in [3.05, 3.63) is 23.8 Å². The second kappa shape index (κ2) is 9.27. The third kappa shape index (κ3) is 5.15. The number of ether oxygens (including phenoxy) is 3. The Kier molecular flexibility index (Phi) is 7.29. The van der Waals surface area contributed by atoms with Crippen molar-refractivity contribution in [1.29, 1.82) is 0 Å². The molecule has 0 unspecified atom stereocenters. The molecule has 1 aromatic carbocycles. The number of sulfone groups is 1. The number of benzene rings is 1. The summed E-state index contributed by atoms with van der Waals surface area (Å²) in [6.07, 6.45) is 1.07. The highest BCUT2D eigenvalue weighted by Gasteiger charge is 2.36. The summed E-state index contributed by atoms with van der Waals surface area (Å²) < 4.78 is 39.1. The lowest BCUT2D eigenvalue weighted by Gasteiger charge is -2.33. The average molecular weight is 413 g/mol. The second-order valence-electron chi connectivity index (χ2n) is 6.76. The van der Waals surface area contributed by atoms with Crippen molar-refractivity contribution in [1.82, 2.24) is 4.90 Å². The Hall–Kier alpha value is -2.29. The zero-order chi connectivity index (χ0) is 20.9. The van der Waals surface area contributed by atoms with Gasteiger partial charge in [-0.3, -0.25) is 4.79 Å². The van der Waals surface area contributed by atoms with Crippen molar-refractivity contribution in [2.24, 2.45) is 0 Å². The third-order valence-electron chi connectivity index (χ3n) is 4.91. The lowest BCUT2D eigenvalue weighted by atomic mass is 10.1. The number of methoxy groups -OCH3 is 2. The lowest BCUT2D eigenvalue weighted by molar-refractivity contribution is -0.138. The number of esters is 1. The molecule has 8 nitrogen and oxygen atoms in total. The first-order valence-electron chi connectivity index (χ1n) is 9.13. The van der Waals surface area contributed by atoms with E-state index >= 15 is 0 Å². The topological polar surface area (TPSA) is 99.2 Å². The van der Waals surface area contributed by atoms with E-state index in [0.717, 1.165) is 0 Å². The van der Waals surface area contributed by atoms with E-state index in [1.807, 2.05) is 13.8 Å². The van der Waals surface area contributed by atoms with Gasteiger partial charge in [-0.1, -0.05) is 6.92 Å². The minimum atomic E-state index is -3.14. The van der Waals surface area contributed by atoms with E-state index in [1.54, 1.807) is 17.0 Å². The molecular formula is C19H27NO7S. The molecule has 0 spiro atoms. The number of rotatable bonds is 8. The van der Waals surface area contributed by atoms with Gasteiger partial charge in [0, 0.05) is 12.1 Å². The van der Waals surface area contributed by atoms with Crippen LogP contribution >= 0.6 is 0 Å². The number of nitrogens with zero attached hydrogens (tertiary/aromatic N) is 1. The molecule has 1 fully saturated rings. The minimum Gasteiger partial charge on any atom is -0.497 e. The Morgan fingerprint density at radius 2 is 1.96 bits per heavy atom. The van der Waals surface area contributed by atoms with Gasteiger partial charge in [0.05, 0.1) is 25.7 Å². The molecule has 156 valence electrons. The van der Waals surface area contributed by atoms with E-state index in [9.17, 15) is 18.0 Å². The van der Waals surface area contributed by atoms with Crippen LogP contribution < -0.4 is 9.47 Å². The molecule has 28 heavy (non-hydrogen) atoms. The normalized spacial score (nSPS) is 18.9.